The summed E-state index contributed by atoms with van der Waals surface area (Å²) in [6.07, 6.45) is 43.3. The molecule has 218 valence electrons. The van der Waals surface area contributed by atoms with Gasteiger partial charge in [0.15, 0.2) is 0 Å². The quantitative estimate of drug-likeness (QED) is 0.0737. The molecular formula is C35H69N2+. The molecule has 0 aliphatic heterocycles. The van der Waals surface area contributed by atoms with E-state index in [9.17, 15) is 0 Å². The number of imidazole rings is 1. The highest BCUT2D eigenvalue weighted by atomic mass is 15.1. The van der Waals surface area contributed by atoms with Crippen LogP contribution >= 0.6 is 0 Å². The predicted octanol–water partition coefficient (Wildman–Crippen LogP) is 11.5. The minimum absolute atomic E-state index is 1.11. The van der Waals surface area contributed by atoms with Gasteiger partial charge in [0.25, 0.3) is 5.82 Å². The van der Waals surface area contributed by atoms with Crippen molar-refractivity contribution in [3.05, 3.63) is 18.2 Å². The Labute approximate surface area is 234 Å². The van der Waals surface area contributed by atoms with Crippen LogP contribution in [-0.2, 0) is 19.5 Å². The Morgan fingerprint density at radius 1 is 0.459 bits per heavy atom. The fraction of sp³-hybridized carbons (Fsp3) is 0.914. The number of nitrogens with zero attached hydrogens (tertiary/aromatic N) is 2. The third kappa shape index (κ3) is 19.9. The predicted molar refractivity (Wildman–Crippen MR) is 165 cm³/mol. The lowest BCUT2D eigenvalue weighted by atomic mass is 10.0. The lowest BCUT2D eigenvalue weighted by Crippen LogP contribution is -2.37. The van der Waals surface area contributed by atoms with Gasteiger partial charge in [-0.15, -0.1) is 0 Å². The van der Waals surface area contributed by atoms with Gasteiger partial charge in [-0.25, -0.2) is 9.13 Å². The van der Waals surface area contributed by atoms with Crippen molar-refractivity contribution in [3.8, 4) is 0 Å². The van der Waals surface area contributed by atoms with E-state index in [4.69, 9.17) is 0 Å². The van der Waals surface area contributed by atoms with Gasteiger partial charge in [0.05, 0.1) is 13.1 Å². The second-order valence-corrected chi connectivity index (χ2v) is 11.9. The molecule has 1 aromatic rings. The summed E-state index contributed by atoms with van der Waals surface area (Å²) in [6, 6.07) is 0. The number of hydrogen-bond acceptors (Lipinski definition) is 0. The van der Waals surface area contributed by atoms with Gasteiger partial charge < -0.3 is 0 Å². The third-order valence-electron chi connectivity index (χ3n) is 8.44. The minimum Gasteiger partial charge on any atom is -0.235 e. The average Bonchev–Trinajstić information content (AvgIpc) is 3.31. The molecule has 37 heavy (non-hydrogen) atoms. The van der Waals surface area contributed by atoms with Crippen molar-refractivity contribution >= 4 is 0 Å². The summed E-state index contributed by atoms with van der Waals surface area (Å²) in [7, 11) is 0. The second kappa shape index (κ2) is 26.8. The van der Waals surface area contributed by atoms with Crippen LogP contribution in [0.1, 0.15) is 194 Å². The summed E-state index contributed by atoms with van der Waals surface area (Å²) in [5.74, 6) is 1.57. The zero-order valence-electron chi connectivity index (χ0n) is 26.1. The zero-order chi connectivity index (χ0) is 26.7. The molecule has 0 unspecified atom stereocenters. The molecule has 0 atom stereocenters. The van der Waals surface area contributed by atoms with Crippen molar-refractivity contribution in [1.29, 1.82) is 0 Å². The third-order valence-corrected chi connectivity index (χ3v) is 8.44. The minimum atomic E-state index is 1.11. The lowest BCUT2D eigenvalue weighted by Gasteiger charge is -2.06. The maximum atomic E-state index is 2.57. The van der Waals surface area contributed by atoms with Gasteiger partial charge in [-0.2, -0.15) is 0 Å². The summed E-state index contributed by atoms with van der Waals surface area (Å²) < 4.78 is 5.06. The van der Waals surface area contributed by atoms with Crippen LogP contribution in [0.5, 0.6) is 0 Å². The van der Waals surface area contributed by atoms with Gasteiger partial charge in [0.1, 0.15) is 12.4 Å². The molecule has 0 aliphatic rings. The van der Waals surface area contributed by atoms with E-state index in [2.05, 4.69) is 42.3 Å². The van der Waals surface area contributed by atoms with Gasteiger partial charge in [-0.05, 0) is 26.2 Å². The maximum Gasteiger partial charge on any atom is 0.256 e. The van der Waals surface area contributed by atoms with E-state index in [1.165, 1.54) is 180 Å². The molecule has 0 saturated heterocycles. The maximum absolute atomic E-state index is 2.57. The summed E-state index contributed by atoms with van der Waals surface area (Å²) in [6.45, 7) is 9.24. The van der Waals surface area contributed by atoms with Crippen LogP contribution in [0.4, 0.5) is 0 Å². The molecule has 0 saturated carbocycles. The van der Waals surface area contributed by atoms with Crippen LogP contribution in [0, 0.1) is 0 Å². The first-order chi connectivity index (χ1) is 18.3. The Morgan fingerprint density at radius 2 is 0.811 bits per heavy atom. The van der Waals surface area contributed by atoms with E-state index >= 15 is 0 Å². The highest BCUT2D eigenvalue weighted by molar-refractivity contribution is 4.83. The fourth-order valence-corrected chi connectivity index (χ4v) is 5.88. The number of rotatable bonds is 29. The van der Waals surface area contributed by atoms with Crippen LogP contribution in [-0.4, -0.2) is 4.57 Å². The zero-order valence-corrected chi connectivity index (χ0v) is 26.1. The molecule has 2 nitrogen and oxygen atoms in total. The highest BCUT2D eigenvalue weighted by Gasteiger charge is 2.15. The largest absolute Gasteiger partial charge is 0.256 e. The Kier molecular flexibility index (Phi) is 24.8. The standard InChI is InChI=1S/C35H69N2/c1-4-7-9-11-13-15-17-18-19-20-21-23-25-27-29-31-35-36(6-3)33-34-37(35)32-30-28-26-24-22-16-14-12-10-8-5-2/h33-34H,4-32H2,1-3H3/q+1. The van der Waals surface area contributed by atoms with Crippen molar-refractivity contribution in [2.45, 2.75) is 207 Å². The van der Waals surface area contributed by atoms with Crippen molar-refractivity contribution in [1.82, 2.24) is 4.57 Å². The number of aryl methyl sites for hydroxylation is 2. The van der Waals surface area contributed by atoms with Crippen LogP contribution < -0.4 is 4.57 Å². The Bertz CT molecular complexity index is 576. The van der Waals surface area contributed by atoms with E-state index in [0.29, 0.717) is 0 Å². The van der Waals surface area contributed by atoms with E-state index in [0.717, 1.165) is 6.54 Å². The molecule has 1 aromatic heterocycles. The molecule has 0 aliphatic carbocycles. The Balaban J connectivity index is 2.00. The molecule has 2 heteroatoms. The molecule has 0 fully saturated rings. The van der Waals surface area contributed by atoms with Crippen molar-refractivity contribution < 1.29 is 4.57 Å². The van der Waals surface area contributed by atoms with Gasteiger partial charge in [-0.3, -0.25) is 0 Å². The van der Waals surface area contributed by atoms with Gasteiger partial charge in [0, 0.05) is 6.42 Å². The van der Waals surface area contributed by atoms with Crippen LogP contribution in [0.2, 0.25) is 0 Å². The number of hydrogen-bond donors (Lipinski definition) is 0. The van der Waals surface area contributed by atoms with Crippen molar-refractivity contribution in [2.75, 3.05) is 0 Å². The van der Waals surface area contributed by atoms with Crippen molar-refractivity contribution in [2.24, 2.45) is 0 Å². The first-order valence-corrected chi connectivity index (χ1v) is 17.4. The van der Waals surface area contributed by atoms with E-state index in [-0.39, 0.29) is 0 Å². The highest BCUT2D eigenvalue weighted by Crippen LogP contribution is 2.15. The first kappa shape index (κ1) is 34.2. The summed E-state index contributed by atoms with van der Waals surface area (Å²) >= 11 is 0. The molecule has 0 radical (unpaired) electrons. The molecule has 0 amide bonds. The fourth-order valence-electron chi connectivity index (χ4n) is 5.88. The molecule has 1 rings (SSSR count). The van der Waals surface area contributed by atoms with Gasteiger partial charge in [0.2, 0.25) is 0 Å². The molecular weight excluding hydrogens is 448 g/mol. The average molecular weight is 518 g/mol. The number of aromatic nitrogens is 2. The van der Waals surface area contributed by atoms with E-state index in [1.807, 2.05) is 0 Å². The van der Waals surface area contributed by atoms with Crippen LogP contribution in [0.25, 0.3) is 0 Å². The monoisotopic (exact) mass is 518 g/mol. The summed E-state index contributed by atoms with van der Waals surface area (Å²) in [5, 5.41) is 0. The molecule has 0 N–H and O–H groups in total. The Morgan fingerprint density at radius 3 is 1.19 bits per heavy atom. The molecule has 0 bridgehead atoms. The number of unbranched alkanes of at least 4 members (excludes halogenated alkanes) is 24. The molecule has 0 spiro atoms. The van der Waals surface area contributed by atoms with Gasteiger partial charge >= 0.3 is 0 Å². The van der Waals surface area contributed by atoms with Crippen molar-refractivity contribution in [3.63, 3.8) is 0 Å². The SMILES string of the molecule is CCCCCCCCCCCCCCCCCc1n(CC)cc[n+]1CCCCCCCCCCCCC. The first-order valence-electron chi connectivity index (χ1n) is 17.4. The molecule has 1 heterocycles. The van der Waals surface area contributed by atoms with Crippen LogP contribution in [0.15, 0.2) is 12.4 Å². The van der Waals surface area contributed by atoms with Crippen LogP contribution in [0.3, 0.4) is 0 Å². The van der Waals surface area contributed by atoms with E-state index < -0.39 is 0 Å². The molecule has 0 aromatic carbocycles. The van der Waals surface area contributed by atoms with Gasteiger partial charge in [-0.1, -0.05) is 162 Å². The summed E-state index contributed by atoms with van der Waals surface area (Å²) in [4.78, 5) is 0. The topological polar surface area (TPSA) is 8.81 Å². The lowest BCUT2D eigenvalue weighted by molar-refractivity contribution is -0.704. The normalized spacial score (nSPS) is 11.5. The second-order valence-electron chi connectivity index (χ2n) is 11.9. The smallest absolute Gasteiger partial charge is 0.235 e. The van der Waals surface area contributed by atoms with E-state index in [1.54, 1.807) is 5.82 Å². The summed E-state index contributed by atoms with van der Waals surface area (Å²) in [5.41, 5.74) is 0. The Hall–Kier alpha value is -0.790.